The van der Waals surface area contributed by atoms with Crippen molar-refractivity contribution < 1.29 is 4.11 Å². The minimum absolute atomic E-state index is 0.168. The van der Waals surface area contributed by atoms with Gasteiger partial charge in [0.1, 0.15) is 0 Å². The maximum Gasteiger partial charge on any atom is 0.0541 e. The Morgan fingerprint density at radius 3 is 2.64 bits per heavy atom. The third kappa shape index (κ3) is 1.94. The van der Waals surface area contributed by atoms with Crippen molar-refractivity contribution in [2.24, 2.45) is 0 Å². The molecule has 1 aliphatic rings. The van der Waals surface area contributed by atoms with Gasteiger partial charge in [-0.1, -0.05) is 43.4 Å². The smallest absolute Gasteiger partial charge is 0.0541 e. The summed E-state index contributed by atoms with van der Waals surface area (Å²) in [5, 5.41) is 0. The molecule has 0 aliphatic carbocycles. The lowest BCUT2D eigenvalue weighted by molar-refractivity contribution is 0.347. The summed E-state index contributed by atoms with van der Waals surface area (Å²) in [5.41, 5.74) is 2.69. The third-order valence-corrected chi connectivity index (χ3v) is 2.41. The maximum absolute atomic E-state index is 7.37. The molecule has 0 amide bonds. The van der Waals surface area contributed by atoms with Crippen molar-refractivity contribution in [1.29, 1.82) is 0 Å². The molecule has 0 unspecified atom stereocenters. The molecule has 14 heavy (non-hydrogen) atoms. The van der Waals surface area contributed by atoms with Crippen LogP contribution in [0.1, 0.15) is 9.68 Å². The number of benzene rings is 1. The molecular formula is C13H15N. The number of hydrogen-bond donors (Lipinski definition) is 0. The summed E-state index contributed by atoms with van der Waals surface area (Å²) in [6.07, 6.45) is 0. The van der Waals surface area contributed by atoms with Crippen LogP contribution in [0.3, 0.4) is 0 Å². The first kappa shape index (κ1) is 6.20. The molecule has 0 bridgehead atoms. The van der Waals surface area contributed by atoms with E-state index in [1.165, 1.54) is 12.1 Å². The van der Waals surface area contributed by atoms with Gasteiger partial charge < -0.3 is 0 Å². The van der Waals surface area contributed by atoms with E-state index in [2.05, 4.69) is 17.0 Å². The topological polar surface area (TPSA) is 3.24 Å². The maximum atomic E-state index is 7.37. The number of likely N-dealkylation sites (tertiary alicyclic amines) is 1. The minimum atomic E-state index is -0.168. The van der Waals surface area contributed by atoms with E-state index in [1.54, 1.807) is 0 Å². The van der Waals surface area contributed by atoms with Gasteiger partial charge in [0, 0.05) is 19.6 Å². The van der Waals surface area contributed by atoms with Crippen LogP contribution in [-0.2, 0) is 6.54 Å². The molecule has 1 aliphatic heterocycles. The van der Waals surface area contributed by atoms with Gasteiger partial charge in [-0.2, -0.15) is 0 Å². The fraction of sp³-hybridized carbons (Fsp3) is 0.231. The molecule has 1 heterocycles. The Morgan fingerprint density at radius 1 is 1.21 bits per heavy atom. The van der Waals surface area contributed by atoms with E-state index in [9.17, 15) is 0 Å². The Kier molecular flexibility index (Phi) is 1.69. The molecule has 1 nitrogen and oxygen atoms in total. The molecule has 0 saturated carbocycles. The molecule has 1 fully saturated rings. The van der Waals surface area contributed by atoms with E-state index in [4.69, 9.17) is 4.11 Å². The second-order valence-electron chi connectivity index (χ2n) is 3.63. The highest BCUT2D eigenvalue weighted by molar-refractivity contribution is 5.33. The molecule has 0 aromatic heterocycles. The Bertz CT molecular complexity index is 447. The van der Waals surface area contributed by atoms with E-state index in [0.29, 0.717) is 18.7 Å². The van der Waals surface area contributed by atoms with Crippen LogP contribution in [0, 0.1) is 0 Å². The second kappa shape index (κ2) is 3.81. The molecule has 0 spiro atoms. The standard InChI is InChI=1S/C13H15N/c1-11-8-14(9-12(11)2)10-13-6-4-3-5-7-13/h3-7H,1-2,8-10H2/i1D,2D2. The Labute approximate surface area is 89.6 Å². The summed E-state index contributed by atoms with van der Waals surface area (Å²) in [6, 6.07) is 10.1. The largest absolute Gasteiger partial charge is 0.291 e. The monoisotopic (exact) mass is 188 g/mol. The SMILES string of the molecule is [2H]C=C1CN(Cc2ccccc2)CC1=C([2H])[2H]. The quantitative estimate of drug-likeness (QED) is 0.689. The lowest BCUT2D eigenvalue weighted by Gasteiger charge is -2.13. The number of nitrogens with zero attached hydrogens (tertiary/aromatic N) is 1. The Morgan fingerprint density at radius 2 is 2.00 bits per heavy atom. The summed E-state index contributed by atoms with van der Waals surface area (Å²) in [5.74, 6) is 0. The zero-order chi connectivity index (χ0) is 12.3. The number of rotatable bonds is 2. The molecule has 1 saturated heterocycles. The van der Waals surface area contributed by atoms with Gasteiger partial charge in [-0.05, 0) is 16.7 Å². The van der Waals surface area contributed by atoms with Crippen molar-refractivity contribution in [3.63, 3.8) is 0 Å². The van der Waals surface area contributed by atoms with Crippen LogP contribution in [0.25, 0.3) is 0 Å². The molecule has 1 heteroatoms. The first-order chi connectivity index (χ1) is 8.20. The molecule has 72 valence electrons. The van der Waals surface area contributed by atoms with Gasteiger partial charge in [-0.15, -0.1) is 0 Å². The van der Waals surface area contributed by atoms with E-state index in [-0.39, 0.29) is 6.53 Å². The van der Waals surface area contributed by atoms with Crippen LogP contribution in [0.5, 0.6) is 0 Å². The fourth-order valence-electron chi connectivity index (χ4n) is 1.67. The molecule has 2 rings (SSSR count). The van der Waals surface area contributed by atoms with Crippen LogP contribution in [0.4, 0.5) is 0 Å². The van der Waals surface area contributed by atoms with Crippen LogP contribution in [0.15, 0.2) is 54.6 Å². The summed E-state index contributed by atoms with van der Waals surface area (Å²) in [4.78, 5) is 2.15. The van der Waals surface area contributed by atoms with E-state index in [1.807, 2.05) is 18.2 Å². The molecule has 1 aromatic rings. The minimum Gasteiger partial charge on any atom is -0.291 e. The average molecular weight is 188 g/mol. The molecule has 0 radical (unpaired) electrons. The van der Waals surface area contributed by atoms with Crippen molar-refractivity contribution in [3.8, 4) is 0 Å². The highest BCUT2D eigenvalue weighted by atomic mass is 15.1. The van der Waals surface area contributed by atoms with Crippen LogP contribution in [-0.4, -0.2) is 18.0 Å². The van der Waals surface area contributed by atoms with Crippen LogP contribution >= 0.6 is 0 Å². The summed E-state index contributed by atoms with van der Waals surface area (Å²) >= 11 is 0. The zero-order valence-corrected chi connectivity index (χ0v) is 8.03. The van der Waals surface area contributed by atoms with E-state index >= 15 is 0 Å². The summed E-state index contributed by atoms with van der Waals surface area (Å²) in [6.45, 7) is 3.16. The molecular weight excluding hydrogens is 170 g/mol. The zero-order valence-electron chi connectivity index (χ0n) is 11.0. The molecule has 0 atom stereocenters. The normalized spacial score (nSPS) is 23.3. The lowest BCUT2D eigenvalue weighted by Crippen LogP contribution is -2.18. The van der Waals surface area contributed by atoms with Gasteiger partial charge in [0.15, 0.2) is 0 Å². The fourth-order valence-corrected chi connectivity index (χ4v) is 1.67. The highest BCUT2D eigenvalue weighted by Gasteiger charge is 2.17. The average Bonchev–Trinajstić information content (AvgIpc) is 2.73. The third-order valence-electron chi connectivity index (χ3n) is 2.41. The van der Waals surface area contributed by atoms with Gasteiger partial charge >= 0.3 is 0 Å². The van der Waals surface area contributed by atoms with Crippen molar-refractivity contribution in [3.05, 3.63) is 60.1 Å². The van der Waals surface area contributed by atoms with Gasteiger partial charge in [0.2, 0.25) is 0 Å². The van der Waals surface area contributed by atoms with Gasteiger partial charge in [0.25, 0.3) is 0 Å². The van der Waals surface area contributed by atoms with Crippen molar-refractivity contribution in [2.45, 2.75) is 6.54 Å². The number of hydrogen-bond acceptors (Lipinski definition) is 1. The van der Waals surface area contributed by atoms with Crippen molar-refractivity contribution >= 4 is 0 Å². The first-order valence-electron chi connectivity index (χ1n) is 6.29. The van der Waals surface area contributed by atoms with Gasteiger partial charge in [-0.3, -0.25) is 4.90 Å². The van der Waals surface area contributed by atoms with Crippen molar-refractivity contribution in [2.75, 3.05) is 13.1 Å². The lowest BCUT2D eigenvalue weighted by atomic mass is 10.2. The predicted octanol–water partition coefficient (Wildman–Crippen LogP) is 2.61. The van der Waals surface area contributed by atoms with Crippen molar-refractivity contribution in [1.82, 2.24) is 4.90 Å². The first-order valence-corrected chi connectivity index (χ1v) is 4.71. The van der Waals surface area contributed by atoms with E-state index in [0.717, 1.165) is 12.1 Å². The highest BCUT2D eigenvalue weighted by Crippen LogP contribution is 2.19. The summed E-state index contributed by atoms with van der Waals surface area (Å²) < 4.78 is 22.1. The van der Waals surface area contributed by atoms with E-state index < -0.39 is 0 Å². The molecule has 0 N–H and O–H groups in total. The van der Waals surface area contributed by atoms with Gasteiger partial charge in [0.05, 0.1) is 4.11 Å². The Hall–Kier alpha value is -1.34. The van der Waals surface area contributed by atoms with Crippen LogP contribution in [0.2, 0.25) is 0 Å². The van der Waals surface area contributed by atoms with Gasteiger partial charge in [-0.25, -0.2) is 0 Å². The Balaban J connectivity index is 2.10. The second-order valence-corrected chi connectivity index (χ2v) is 3.63. The predicted molar refractivity (Wildman–Crippen MR) is 60.0 cm³/mol. The molecule has 1 aromatic carbocycles. The van der Waals surface area contributed by atoms with Crippen LogP contribution < -0.4 is 0 Å². The summed E-state index contributed by atoms with van der Waals surface area (Å²) in [7, 11) is 0.